The molecule has 114 valence electrons. The lowest BCUT2D eigenvalue weighted by Crippen LogP contribution is -2.40. The van der Waals surface area contributed by atoms with E-state index >= 15 is 0 Å². The molecule has 0 spiro atoms. The fraction of sp³-hybridized carbons (Fsp3) is 0.273. The molecule has 0 aromatic heterocycles. The third-order valence-corrected chi connectivity index (χ3v) is 5.45. The summed E-state index contributed by atoms with van der Waals surface area (Å²) in [5.41, 5.74) is 5.01. The van der Waals surface area contributed by atoms with E-state index in [4.69, 9.17) is 5.73 Å². The van der Waals surface area contributed by atoms with E-state index in [9.17, 15) is 22.4 Å². The number of imide groups is 1. The van der Waals surface area contributed by atoms with Crippen LogP contribution in [-0.4, -0.2) is 38.2 Å². The first-order valence-electron chi connectivity index (χ1n) is 5.70. The van der Waals surface area contributed by atoms with Crippen LogP contribution in [0.2, 0.25) is 0 Å². The van der Waals surface area contributed by atoms with Crippen molar-refractivity contribution >= 4 is 43.5 Å². The first kappa shape index (κ1) is 15.9. The first-order chi connectivity index (χ1) is 9.63. The van der Waals surface area contributed by atoms with Crippen LogP contribution in [0.15, 0.2) is 21.5 Å². The minimum Gasteiger partial charge on any atom is -0.396 e. The number of carbonyl (C=O) groups excluding carboxylic acids is 2. The van der Waals surface area contributed by atoms with Gasteiger partial charge in [-0.1, -0.05) is 0 Å². The number of likely N-dealkylation sites (N-methyl/N-ethyl adjacent to an activating group) is 1. The summed E-state index contributed by atoms with van der Waals surface area (Å²) in [6.07, 6.45) is -0.261. The van der Waals surface area contributed by atoms with E-state index in [0.717, 1.165) is 17.0 Å². The van der Waals surface area contributed by atoms with Crippen LogP contribution in [-0.2, 0) is 19.6 Å². The second-order valence-electron chi connectivity index (χ2n) is 4.47. The van der Waals surface area contributed by atoms with Crippen molar-refractivity contribution < 1.29 is 22.4 Å². The maximum atomic E-state index is 13.2. The zero-order valence-electron chi connectivity index (χ0n) is 10.8. The number of nitrogens with one attached hydrogen (secondary N) is 1. The molecule has 2 amide bonds. The molecule has 0 radical (unpaired) electrons. The van der Waals surface area contributed by atoms with Crippen LogP contribution in [0.5, 0.6) is 0 Å². The van der Waals surface area contributed by atoms with E-state index < -0.39 is 33.7 Å². The first-order valence-corrected chi connectivity index (χ1v) is 7.98. The molecule has 1 atom stereocenters. The predicted molar refractivity (Wildman–Crippen MR) is 75.0 cm³/mol. The Morgan fingerprint density at radius 3 is 2.57 bits per heavy atom. The number of nitrogens with two attached hydrogens (primary N) is 1. The second kappa shape index (κ2) is 5.35. The SMILES string of the molecule is CN1C(=O)CC(NS(=O)(=O)c2cc(N)c(F)cc2Br)C1=O. The highest BCUT2D eigenvalue weighted by Crippen LogP contribution is 2.27. The number of anilines is 1. The highest BCUT2D eigenvalue weighted by molar-refractivity contribution is 9.10. The van der Waals surface area contributed by atoms with Crippen molar-refractivity contribution in [3.63, 3.8) is 0 Å². The van der Waals surface area contributed by atoms with E-state index in [-0.39, 0.29) is 21.5 Å². The van der Waals surface area contributed by atoms with E-state index in [2.05, 4.69) is 20.7 Å². The van der Waals surface area contributed by atoms with Gasteiger partial charge in [-0.2, -0.15) is 4.72 Å². The summed E-state index contributed by atoms with van der Waals surface area (Å²) in [5.74, 6) is -1.90. The number of benzene rings is 1. The molecule has 1 fully saturated rings. The zero-order chi connectivity index (χ0) is 15.9. The second-order valence-corrected chi connectivity index (χ2v) is 7.01. The monoisotopic (exact) mass is 379 g/mol. The number of likely N-dealkylation sites (tertiary alicyclic amines) is 1. The summed E-state index contributed by atoms with van der Waals surface area (Å²) in [6.45, 7) is 0. The summed E-state index contributed by atoms with van der Waals surface area (Å²) < 4.78 is 39.8. The number of hydrogen-bond acceptors (Lipinski definition) is 5. The molecule has 0 saturated carbocycles. The largest absolute Gasteiger partial charge is 0.396 e. The van der Waals surface area contributed by atoms with Gasteiger partial charge in [-0.3, -0.25) is 14.5 Å². The molecular weight excluding hydrogens is 369 g/mol. The molecule has 7 nitrogen and oxygen atoms in total. The quantitative estimate of drug-likeness (QED) is 0.576. The Morgan fingerprint density at radius 2 is 2.05 bits per heavy atom. The topological polar surface area (TPSA) is 110 Å². The van der Waals surface area contributed by atoms with Gasteiger partial charge in [0.25, 0.3) is 0 Å². The van der Waals surface area contributed by atoms with Gasteiger partial charge in [-0.25, -0.2) is 12.8 Å². The van der Waals surface area contributed by atoms with Gasteiger partial charge in [0, 0.05) is 11.5 Å². The van der Waals surface area contributed by atoms with Gasteiger partial charge in [0.2, 0.25) is 21.8 Å². The third-order valence-electron chi connectivity index (χ3n) is 3.02. The fourth-order valence-electron chi connectivity index (χ4n) is 1.85. The number of nitrogens with zero attached hydrogens (tertiary/aromatic N) is 1. The molecule has 1 aliphatic heterocycles. The van der Waals surface area contributed by atoms with Gasteiger partial charge in [0.1, 0.15) is 11.9 Å². The molecule has 1 aromatic carbocycles. The lowest BCUT2D eigenvalue weighted by atomic mass is 10.3. The minimum atomic E-state index is -4.14. The van der Waals surface area contributed by atoms with Crippen molar-refractivity contribution in [1.29, 1.82) is 0 Å². The Balaban J connectivity index is 2.34. The number of sulfonamides is 1. The van der Waals surface area contributed by atoms with E-state index in [1.807, 2.05) is 0 Å². The molecule has 21 heavy (non-hydrogen) atoms. The van der Waals surface area contributed by atoms with E-state index in [0.29, 0.717) is 0 Å². The fourth-order valence-corrected chi connectivity index (χ4v) is 4.09. The maximum absolute atomic E-state index is 13.2. The molecule has 2 rings (SSSR count). The molecule has 1 saturated heterocycles. The van der Waals surface area contributed by atoms with Gasteiger partial charge >= 0.3 is 0 Å². The number of hydrogen-bond donors (Lipinski definition) is 2. The van der Waals surface area contributed by atoms with Crippen molar-refractivity contribution in [3.8, 4) is 0 Å². The van der Waals surface area contributed by atoms with E-state index in [1.165, 1.54) is 7.05 Å². The Hall–Kier alpha value is -1.52. The van der Waals surface area contributed by atoms with Crippen molar-refractivity contribution in [2.45, 2.75) is 17.4 Å². The Labute approximate surface area is 128 Å². The number of carbonyl (C=O) groups is 2. The molecule has 3 N–H and O–H groups in total. The Kier molecular flexibility index (Phi) is 4.04. The summed E-state index contributed by atoms with van der Waals surface area (Å²) in [7, 11) is -2.87. The molecular formula is C11H11BrFN3O4S. The van der Waals surface area contributed by atoms with Gasteiger partial charge in [0.05, 0.1) is 17.0 Å². The van der Waals surface area contributed by atoms with Crippen LogP contribution >= 0.6 is 15.9 Å². The molecule has 0 aliphatic carbocycles. The highest BCUT2D eigenvalue weighted by atomic mass is 79.9. The smallest absolute Gasteiger partial charge is 0.247 e. The number of halogens is 2. The van der Waals surface area contributed by atoms with Crippen LogP contribution < -0.4 is 10.5 Å². The summed E-state index contributed by atoms with van der Waals surface area (Å²) in [6, 6.07) is 0.676. The average molecular weight is 380 g/mol. The van der Waals surface area contributed by atoms with Crippen molar-refractivity contribution in [3.05, 3.63) is 22.4 Å². The van der Waals surface area contributed by atoms with Gasteiger partial charge < -0.3 is 5.73 Å². The highest BCUT2D eigenvalue weighted by Gasteiger charge is 2.39. The zero-order valence-corrected chi connectivity index (χ0v) is 13.2. The summed E-state index contributed by atoms with van der Waals surface area (Å²) >= 11 is 2.93. The summed E-state index contributed by atoms with van der Waals surface area (Å²) in [4.78, 5) is 23.6. The third kappa shape index (κ3) is 2.92. The lowest BCUT2D eigenvalue weighted by molar-refractivity contribution is -0.137. The molecule has 1 heterocycles. The van der Waals surface area contributed by atoms with Crippen LogP contribution in [0.4, 0.5) is 10.1 Å². The molecule has 1 aromatic rings. The molecule has 10 heteroatoms. The van der Waals surface area contributed by atoms with Crippen molar-refractivity contribution in [2.75, 3.05) is 12.8 Å². The molecule has 1 aliphatic rings. The molecule has 1 unspecified atom stereocenters. The maximum Gasteiger partial charge on any atom is 0.247 e. The number of nitrogen functional groups attached to an aromatic ring is 1. The van der Waals surface area contributed by atoms with Crippen LogP contribution in [0.3, 0.4) is 0 Å². The van der Waals surface area contributed by atoms with Gasteiger partial charge in [-0.05, 0) is 28.1 Å². The normalized spacial score (nSPS) is 19.4. The van der Waals surface area contributed by atoms with E-state index in [1.54, 1.807) is 0 Å². The summed E-state index contributed by atoms with van der Waals surface area (Å²) in [5, 5.41) is 0. The van der Waals surface area contributed by atoms with Crippen LogP contribution in [0, 0.1) is 5.82 Å². The van der Waals surface area contributed by atoms with Crippen LogP contribution in [0.1, 0.15) is 6.42 Å². The number of amides is 2. The van der Waals surface area contributed by atoms with Gasteiger partial charge in [0.15, 0.2) is 0 Å². The standard InChI is InChI=1S/C11H11BrFN3O4S/c1-16-10(17)4-8(11(16)18)15-21(19,20)9-3-7(14)6(13)2-5(9)12/h2-3,8,15H,4,14H2,1H3. The van der Waals surface area contributed by atoms with Gasteiger partial charge in [-0.15, -0.1) is 0 Å². The number of rotatable bonds is 3. The van der Waals surface area contributed by atoms with Crippen molar-refractivity contribution in [1.82, 2.24) is 9.62 Å². The average Bonchev–Trinajstić information content (AvgIpc) is 2.61. The molecule has 0 bridgehead atoms. The van der Waals surface area contributed by atoms with Crippen LogP contribution in [0.25, 0.3) is 0 Å². The lowest BCUT2D eigenvalue weighted by Gasteiger charge is -2.13. The Morgan fingerprint density at radius 1 is 1.43 bits per heavy atom. The minimum absolute atomic E-state index is 0.0353. The predicted octanol–water partition coefficient (Wildman–Crippen LogP) is 0.206. The Bertz CT molecular complexity index is 737. The van der Waals surface area contributed by atoms with Crippen molar-refractivity contribution in [2.24, 2.45) is 0 Å².